The van der Waals surface area contributed by atoms with E-state index in [4.69, 9.17) is 11.6 Å². The maximum Gasteiger partial charge on any atom is 0.250 e. The molecule has 8 nitrogen and oxygen atoms in total. The van der Waals surface area contributed by atoms with Crippen molar-refractivity contribution in [1.29, 1.82) is 0 Å². The molecule has 1 N–H and O–H groups in total. The minimum atomic E-state index is -3.90. The van der Waals surface area contributed by atoms with Crippen LogP contribution in [0.4, 0.5) is 0 Å². The molecule has 184 valence electrons. The van der Waals surface area contributed by atoms with Crippen LogP contribution in [0.3, 0.4) is 0 Å². The zero-order valence-corrected chi connectivity index (χ0v) is 21.3. The number of likely N-dealkylation sites (tertiary alicyclic amines) is 2. The molecule has 1 aromatic carbocycles. The number of nitrogens with one attached hydrogen (secondary N) is 1. The van der Waals surface area contributed by atoms with Crippen LogP contribution in [0.2, 0.25) is 5.02 Å². The molecule has 3 aromatic rings. The Hall–Kier alpha value is -2.53. The van der Waals surface area contributed by atoms with Crippen LogP contribution in [0, 0.1) is 0 Å². The highest BCUT2D eigenvalue weighted by Gasteiger charge is 2.35. The van der Waals surface area contributed by atoms with Crippen LogP contribution in [0.15, 0.2) is 53.0 Å². The summed E-state index contributed by atoms with van der Waals surface area (Å²) < 4.78 is 29.5. The topological polar surface area (TPSA) is 99.7 Å². The van der Waals surface area contributed by atoms with Gasteiger partial charge in [0.2, 0.25) is 11.8 Å². The third-order valence-electron chi connectivity index (χ3n) is 6.60. The summed E-state index contributed by atoms with van der Waals surface area (Å²) in [6.07, 6.45) is 5.39. The largest absolute Gasteiger partial charge is 0.341 e. The van der Waals surface area contributed by atoms with Crippen LogP contribution >= 0.6 is 22.9 Å². The number of halogens is 1. The normalized spacial score (nSPS) is 21.1. The number of carbonyl (C=O) groups excluding carboxylic acids is 2. The van der Waals surface area contributed by atoms with Crippen molar-refractivity contribution in [3.63, 3.8) is 0 Å². The first-order valence-corrected chi connectivity index (χ1v) is 14.2. The maximum atomic E-state index is 13.1. The van der Waals surface area contributed by atoms with Crippen molar-refractivity contribution in [3.8, 4) is 0 Å². The highest BCUT2D eigenvalue weighted by molar-refractivity contribution is 7.91. The van der Waals surface area contributed by atoms with Crippen LogP contribution in [0.25, 0.3) is 10.1 Å². The standard InChI is InChI=1S/C24H25ClN4O4S2/c25-19-4-3-17-12-23(34-21(17)13-19)35(32,33)27-20-2-1-10-29(24(20)31)15-22(30)28-11-7-18(14-28)16-5-8-26-9-6-16/h3-6,8-9,12-13,18,20,27H,1-2,7,10-11,14-15H2/t18?,20-/m0/s1. The SMILES string of the molecule is O=C(CN1CCC[C@H](NS(=O)(=O)c2cc3ccc(Cl)cc3s2)C1=O)N1CCC(c2ccncc2)C1. The van der Waals surface area contributed by atoms with Gasteiger partial charge in [-0.2, -0.15) is 4.72 Å². The highest BCUT2D eigenvalue weighted by Crippen LogP contribution is 2.31. The van der Waals surface area contributed by atoms with Gasteiger partial charge < -0.3 is 9.80 Å². The van der Waals surface area contributed by atoms with E-state index >= 15 is 0 Å². The molecular formula is C24H25ClN4O4S2. The number of benzene rings is 1. The van der Waals surface area contributed by atoms with Crippen molar-refractivity contribution < 1.29 is 18.0 Å². The molecular weight excluding hydrogens is 508 g/mol. The van der Waals surface area contributed by atoms with Crippen LogP contribution in [-0.2, 0) is 19.6 Å². The van der Waals surface area contributed by atoms with E-state index in [0.29, 0.717) is 37.5 Å². The number of hydrogen-bond donors (Lipinski definition) is 1. The predicted molar refractivity (Wildman–Crippen MR) is 135 cm³/mol. The number of thiophene rings is 1. The van der Waals surface area contributed by atoms with E-state index in [1.165, 1.54) is 4.90 Å². The molecule has 2 atom stereocenters. The Morgan fingerprint density at radius 2 is 1.94 bits per heavy atom. The number of nitrogens with zero attached hydrogens (tertiary/aromatic N) is 3. The Morgan fingerprint density at radius 3 is 2.74 bits per heavy atom. The molecule has 0 aliphatic carbocycles. The smallest absolute Gasteiger partial charge is 0.250 e. The minimum Gasteiger partial charge on any atom is -0.341 e. The molecule has 11 heteroatoms. The third-order valence-corrected chi connectivity index (χ3v) is 9.88. The second kappa shape index (κ2) is 9.85. The first-order chi connectivity index (χ1) is 16.8. The fourth-order valence-corrected chi connectivity index (χ4v) is 7.64. The Labute approximate surface area is 212 Å². The molecule has 0 spiro atoms. The van der Waals surface area contributed by atoms with Gasteiger partial charge in [0.25, 0.3) is 10.0 Å². The summed E-state index contributed by atoms with van der Waals surface area (Å²) in [6, 6.07) is 9.82. The summed E-state index contributed by atoms with van der Waals surface area (Å²) in [7, 11) is -3.90. The van der Waals surface area contributed by atoms with Gasteiger partial charge in [-0.3, -0.25) is 14.6 Å². The average molecular weight is 533 g/mol. The van der Waals surface area contributed by atoms with Gasteiger partial charge in [-0.1, -0.05) is 17.7 Å². The fraction of sp³-hybridized carbons (Fsp3) is 0.375. The lowest BCUT2D eigenvalue weighted by Gasteiger charge is -2.33. The number of piperidine rings is 1. The Kier molecular flexibility index (Phi) is 6.80. The second-order valence-electron chi connectivity index (χ2n) is 8.93. The first kappa shape index (κ1) is 24.2. The van der Waals surface area contributed by atoms with E-state index in [9.17, 15) is 18.0 Å². The van der Waals surface area contributed by atoms with Crippen molar-refractivity contribution in [2.24, 2.45) is 0 Å². The molecule has 2 aliphatic rings. The van der Waals surface area contributed by atoms with Crippen molar-refractivity contribution in [2.75, 3.05) is 26.2 Å². The van der Waals surface area contributed by atoms with Gasteiger partial charge in [-0.05, 0) is 60.5 Å². The number of hydrogen-bond acceptors (Lipinski definition) is 6. The van der Waals surface area contributed by atoms with Gasteiger partial charge in [-0.15, -0.1) is 11.3 Å². The van der Waals surface area contributed by atoms with Gasteiger partial charge in [0.1, 0.15) is 10.3 Å². The molecule has 4 heterocycles. The van der Waals surface area contributed by atoms with Crippen LogP contribution in [0.1, 0.15) is 30.7 Å². The van der Waals surface area contributed by atoms with E-state index in [1.807, 2.05) is 12.1 Å². The average Bonchev–Trinajstić information content (AvgIpc) is 3.50. The number of amides is 2. The molecule has 2 amide bonds. The Morgan fingerprint density at radius 1 is 1.14 bits per heavy atom. The molecule has 1 unspecified atom stereocenters. The number of sulfonamides is 1. The molecule has 35 heavy (non-hydrogen) atoms. The van der Waals surface area contributed by atoms with E-state index in [0.717, 1.165) is 33.4 Å². The lowest BCUT2D eigenvalue weighted by atomic mass is 10.00. The summed E-state index contributed by atoms with van der Waals surface area (Å²) in [5.74, 6) is -0.211. The monoisotopic (exact) mass is 532 g/mol. The van der Waals surface area contributed by atoms with Gasteiger partial charge in [0.05, 0.1) is 6.54 Å². The fourth-order valence-electron chi connectivity index (χ4n) is 4.72. The molecule has 0 saturated carbocycles. The minimum absolute atomic E-state index is 0.0402. The molecule has 2 saturated heterocycles. The van der Waals surface area contributed by atoms with Crippen molar-refractivity contribution in [1.82, 2.24) is 19.5 Å². The molecule has 0 bridgehead atoms. The summed E-state index contributed by atoms with van der Waals surface area (Å²) in [4.78, 5) is 33.3. The van der Waals surface area contributed by atoms with Gasteiger partial charge in [0, 0.05) is 47.7 Å². The van der Waals surface area contributed by atoms with E-state index in [2.05, 4.69) is 9.71 Å². The van der Waals surface area contributed by atoms with Gasteiger partial charge in [-0.25, -0.2) is 8.42 Å². The quantitative estimate of drug-likeness (QED) is 0.525. The molecule has 0 radical (unpaired) electrons. The molecule has 2 fully saturated rings. The van der Waals surface area contributed by atoms with Crippen molar-refractivity contribution >= 4 is 54.9 Å². The van der Waals surface area contributed by atoms with Gasteiger partial charge >= 0.3 is 0 Å². The van der Waals surface area contributed by atoms with E-state index in [-0.39, 0.29) is 28.5 Å². The van der Waals surface area contributed by atoms with Gasteiger partial charge in [0.15, 0.2) is 0 Å². The first-order valence-electron chi connectivity index (χ1n) is 11.5. The van der Waals surface area contributed by atoms with Crippen molar-refractivity contribution in [3.05, 3.63) is 59.4 Å². The number of fused-ring (bicyclic) bond motifs is 1. The highest BCUT2D eigenvalue weighted by atomic mass is 35.5. The summed E-state index contributed by atoms with van der Waals surface area (Å²) in [5.41, 5.74) is 1.15. The lowest BCUT2D eigenvalue weighted by molar-refractivity contribution is -0.142. The van der Waals surface area contributed by atoms with Crippen LogP contribution in [0.5, 0.6) is 0 Å². The van der Waals surface area contributed by atoms with E-state index in [1.54, 1.807) is 41.6 Å². The summed E-state index contributed by atoms with van der Waals surface area (Å²) >= 11 is 7.13. The maximum absolute atomic E-state index is 13.1. The summed E-state index contributed by atoms with van der Waals surface area (Å²) in [6.45, 7) is 1.64. The van der Waals surface area contributed by atoms with Crippen LogP contribution in [-0.4, -0.2) is 67.2 Å². The molecule has 5 rings (SSSR count). The number of carbonyl (C=O) groups is 2. The number of rotatable bonds is 6. The molecule has 2 aliphatic heterocycles. The van der Waals surface area contributed by atoms with E-state index < -0.39 is 16.1 Å². The Bertz CT molecular complexity index is 1360. The second-order valence-corrected chi connectivity index (χ2v) is 12.4. The molecule has 2 aromatic heterocycles. The number of aromatic nitrogens is 1. The number of pyridine rings is 1. The van der Waals surface area contributed by atoms with Crippen LogP contribution < -0.4 is 4.72 Å². The zero-order valence-electron chi connectivity index (χ0n) is 18.9. The Balaban J connectivity index is 1.22. The third kappa shape index (κ3) is 5.20. The zero-order chi connectivity index (χ0) is 24.6. The van der Waals surface area contributed by atoms with Crippen molar-refractivity contribution in [2.45, 2.75) is 35.4 Å². The predicted octanol–water partition coefficient (Wildman–Crippen LogP) is 3.24. The lowest BCUT2D eigenvalue weighted by Crippen LogP contribution is -2.54. The summed E-state index contributed by atoms with van der Waals surface area (Å²) in [5, 5.41) is 1.31.